The van der Waals surface area contributed by atoms with E-state index in [1.165, 1.54) is 10.9 Å². The third-order valence-electron chi connectivity index (χ3n) is 5.19. The molecule has 0 saturated carbocycles. The molecular formula is C23H17N5O4. The van der Waals surface area contributed by atoms with Gasteiger partial charge in [0.2, 0.25) is 0 Å². The van der Waals surface area contributed by atoms with E-state index in [0.29, 0.717) is 33.8 Å². The quantitative estimate of drug-likeness (QED) is 0.489. The molecule has 158 valence electrons. The Morgan fingerprint density at radius 2 is 1.66 bits per heavy atom. The standard InChI is InChI=1S/C23H17N5O4/c1-14-19(20(26-32-14)15-7-3-2-4-8-15)21(29)25-16-11-24-27(12-16)13-28-22(30)17-9-5-6-10-18(17)23(28)31/h2-12H,13H2,1H3,(H,25,29). The first-order valence-electron chi connectivity index (χ1n) is 9.83. The van der Waals surface area contributed by atoms with Crippen molar-refractivity contribution in [1.82, 2.24) is 19.8 Å². The van der Waals surface area contributed by atoms with Crippen LogP contribution in [0.25, 0.3) is 11.3 Å². The molecule has 1 aliphatic rings. The van der Waals surface area contributed by atoms with E-state index in [0.717, 1.165) is 10.5 Å². The fourth-order valence-electron chi connectivity index (χ4n) is 3.64. The van der Waals surface area contributed by atoms with E-state index >= 15 is 0 Å². The lowest BCUT2D eigenvalue weighted by Crippen LogP contribution is -2.32. The molecule has 9 nitrogen and oxygen atoms in total. The highest BCUT2D eigenvalue weighted by Gasteiger charge is 2.35. The molecule has 1 aliphatic heterocycles. The molecule has 32 heavy (non-hydrogen) atoms. The average Bonchev–Trinajstić information content (AvgIpc) is 3.48. The van der Waals surface area contributed by atoms with Gasteiger partial charge < -0.3 is 9.84 Å². The third-order valence-corrected chi connectivity index (χ3v) is 5.19. The van der Waals surface area contributed by atoms with Crippen molar-refractivity contribution in [3.63, 3.8) is 0 Å². The van der Waals surface area contributed by atoms with Crippen molar-refractivity contribution in [2.75, 3.05) is 5.32 Å². The summed E-state index contributed by atoms with van der Waals surface area (Å²) in [6.07, 6.45) is 2.99. The number of aryl methyl sites for hydroxylation is 1. The Morgan fingerprint density at radius 1 is 1.00 bits per heavy atom. The maximum Gasteiger partial charge on any atom is 0.263 e. The number of imide groups is 1. The van der Waals surface area contributed by atoms with Crippen molar-refractivity contribution in [2.24, 2.45) is 0 Å². The molecular weight excluding hydrogens is 410 g/mol. The minimum Gasteiger partial charge on any atom is -0.360 e. The highest BCUT2D eigenvalue weighted by atomic mass is 16.5. The number of nitrogens with one attached hydrogen (secondary N) is 1. The molecule has 0 saturated heterocycles. The molecule has 0 fully saturated rings. The van der Waals surface area contributed by atoms with Crippen molar-refractivity contribution < 1.29 is 18.9 Å². The van der Waals surface area contributed by atoms with Gasteiger partial charge in [0, 0.05) is 5.56 Å². The van der Waals surface area contributed by atoms with Crippen LogP contribution in [0.2, 0.25) is 0 Å². The van der Waals surface area contributed by atoms with Crippen LogP contribution in [0, 0.1) is 6.92 Å². The zero-order valence-electron chi connectivity index (χ0n) is 17.0. The maximum absolute atomic E-state index is 12.9. The van der Waals surface area contributed by atoms with Crippen molar-refractivity contribution in [3.05, 3.63) is 89.4 Å². The topological polar surface area (TPSA) is 110 Å². The van der Waals surface area contributed by atoms with E-state index in [-0.39, 0.29) is 18.5 Å². The maximum atomic E-state index is 12.9. The molecule has 2 aromatic heterocycles. The van der Waals surface area contributed by atoms with E-state index < -0.39 is 5.91 Å². The van der Waals surface area contributed by atoms with Crippen LogP contribution in [0.15, 0.2) is 71.5 Å². The van der Waals surface area contributed by atoms with Crippen LogP contribution in [-0.2, 0) is 6.67 Å². The Bertz CT molecular complexity index is 1320. The third kappa shape index (κ3) is 3.25. The summed E-state index contributed by atoms with van der Waals surface area (Å²) in [6.45, 7) is 1.60. The lowest BCUT2D eigenvalue weighted by atomic mass is 10.1. The Morgan fingerprint density at radius 3 is 2.34 bits per heavy atom. The molecule has 5 rings (SSSR count). The van der Waals surface area contributed by atoms with Gasteiger partial charge in [0.1, 0.15) is 23.7 Å². The summed E-state index contributed by atoms with van der Waals surface area (Å²) < 4.78 is 6.66. The molecule has 4 aromatic rings. The molecule has 0 radical (unpaired) electrons. The molecule has 0 atom stereocenters. The summed E-state index contributed by atoms with van der Waals surface area (Å²) >= 11 is 0. The minimum absolute atomic E-state index is 0.0657. The van der Waals surface area contributed by atoms with Gasteiger partial charge in [-0.05, 0) is 19.1 Å². The number of anilines is 1. The minimum atomic E-state index is -0.400. The fourth-order valence-corrected chi connectivity index (χ4v) is 3.64. The molecule has 1 N–H and O–H groups in total. The summed E-state index contributed by atoms with van der Waals surface area (Å²) in [7, 11) is 0. The van der Waals surface area contributed by atoms with Gasteiger partial charge in [-0.3, -0.25) is 24.0 Å². The average molecular weight is 427 g/mol. The number of amides is 3. The smallest absolute Gasteiger partial charge is 0.263 e. The molecule has 0 spiro atoms. The first kappa shape index (κ1) is 19.4. The second-order valence-corrected chi connectivity index (χ2v) is 7.28. The van der Waals surface area contributed by atoms with Gasteiger partial charge in [-0.2, -0.15) is 5.10 Å². The normalized spacial score (nSPS) is 12.8. The predicted octanol–water partition coefficient (Wildman–Crippen LogP) is 3.35. The summed E-state index contributed by atoms with van der Waals surface area (Å²) in [4.78, 5) is 39.1. The number of fused-ring (bicyclic) bond motifs is 1. The molecule has 3 amide bonds. The van der Waals surface area contributed by atoms with Crippen LogP contribution >= 0.6 is 0 Å². The van der Waals surface area contributed by atoms with Crippen molar-refractivity contribution in [1.29, 1.82) is 0 Å². The molecule has 9 heteroatoms. The number of hydrogen-bond donors (Lipinski definition) is 1. The zero-order valence-corrected chi connectivity index (χ0v) is 17.0. The summed E-state index contributed by atoms with van der Waals surface area (Å²) in [6, 6.07) is 15.9. The van der Waals surface area contributed by atoms with Crippen molar-refractivity contribution in [2.45, 2.75) is 13.6 Å². The van der Waals surface area contributed by atoms with E-state index in [1.807, 2.05) is 30.3 Å². The van der Waals surface area contributed by atoms with Gasteiger partial charge in [-0.15, -0.1) is 0 Å². The van der Waals surface area contributed by atoms with Gasteiger partial charge in [-0.1, -0.05) is 47.6 Å². The van der Waals surface area contributed by atoms with E-state index in [4.69, 9.17) is 4.52 Å². The summed E-state index contributed by atoms with van der Waals surface area (Å²) in [5, 5.41) is 11.0. The van der Waals surface area contributed by atoms with Crippen LogP contribution < -0.4 is 5.32 Å². The highest BCUT2D eigenvalue weighted by molar-refractivity contribution is 6.21. The lowest BCUT2D eigenvalue weighted by Gasteiger charge is -2.13. The number of aromatic nitrogens is 3. The first-order valence-corrected chi connectivity index (χ1v) is 9.83. The van der Waals surface area contributed by atoms with Gasteiger partial charge in [0.25, 0.3) is 17.7 Å². The second kappa shape index (κ2) is 7.62. The monoisotopic (exact) mass is 427 g/mol. The Kier molecular flexibility index (Phi) is 4.63. The first-order chi connectivity index (χ1) is 15.5. The highest BCUT2D eigenvalue weighted by Crippen LogP contribution is 2.26. The van der Waals surface area contributed by atoms with Crippen LogP contribution in [0.5, 0.6) is 0 Å². The van der Waals surface area contributed by atoms with Crippen molar-refractivity contribution in [3.8, 4) is 11.3 Å². The second-order valence-electron chi connectivity index (χ2n) is 7.28. The summed E-state index contributed by atoms with van der Waals surface area (Å²) in [5.74, 6) is -0.763. The van der Waals surface area contributed by atoms with E-state index in [1.54, 1.807) is 37.4 Å². The SMILES string of the molecule is Cc1onc(-c2ccccc2)c1C(=O)Nc1cnn(CN2C(=O)c3ccccc3C2=O)c1. The lowest BCUT2D eigenvalue weighted by molar-refractivity contribution is 0.0597. The number of benzene rings is 2. The van der Waals surface area contributed by atoms with Gasteiger partial charge in [-0.25, -0.2) is 0 Å². The number of nitrogens with zero attached hydrogens (tertiary/aromatic N) is 4. The fraction of sp³-hybridized carbons (Fsp3) is 0.0870. The number of hydrogen-bond acceptors (Lipinski definition) is 6. The van der Waals surface area contributed by atoms with Gasteiger partial charge >= 0.3 is 0 Å². The van der Waals surface area contributed by atoms with Gasteiger partial charge in [0.05, 0.1) is 29.2 Å². The zero-order chi connectivity index (χ0) is 22.2. The van der Waals surface area contributed by atoms with E-state index in [2.05, 4.69) is 15.6 Å². The summed E-state index contributed by atoms with van der Waals surface area (Å²) in [5.41, 5.74) is 2.68. The molecule has 0 bridgehead atoms. The van der Waals surface area contributed by atoms with Crippen molar-refractivity contribution >= 4 is 23.4 Å². The molecule has 3 heterocycles. The predicted molar refractivity (Wildman–Crippen MR) is 114 cm³/mol. The molecule has 2 aromatic carbocycles. The molecule has 0 aliphatic carbocycles. The largest absolute Gasteiger partial charge is 0.360 e. The Hall–Kier alpha value is -4.53. The Balaban J connectivity index is 1.33. The number of carbonyl (C=O) groups is 3. The van der Waals surface area contributed by atoms with Crippen LogP contribution in [0.1, 0.15) is 36.8 Å². The number of carbonyl (C=O) groups excluding carboxylic acids is 3. The Labute approximate surface area is 182 Å². The van der Waals surface area contributed by atoms with Gasteiger partial charge in [0.15, 0.2) is 0 Å². The van der Waals surface area contributed by atoms with Crippen LogP contribution in [0.4, 0.5) is 5.69 Å². The van der Waals surface area contributed by atoms with Crippen LogP contribution in [0.3, 0.4) is 0 Å². The molecule has 0 unspecified atom stereocenters. The number of rotatable bonds is 5. The van der Waals surface area contributed by atoms with Crippen LogP contribution in [-0.4, -0.2) is 37.6 Å². The van der Waals surface area contributed by atoms with E-state index in [9.17, 15) is 14.4 Å².